The summed E-state index contributed by atoms with van der Waals surface area (Å²) in [5.74, 6) is -0.829. The summed E-state index contributed by atoms with van der Waals surface area (Å²) in [4.78, 5) is 23.4. The number of nitrogens with one attached hydrogen (secondary N) is 1. The van der Waals surface area contributed by atoms with Crippen molar-refractivity contribution in [3.63, 3.8) is 0 Å². The number of amides is 1. The molecule has 0 unspecified atom stereocenters. The van der Waals surface area contributed by atoms with Crippen LogP contribution in [0.25, 0.3) is 6.08 Å². The zero-order chi connectivity index (χ0) is 15.2. The van der Waals surface area contributed by atoms with E-state index in [0.29, 0.717) is 15.6 Å². The summed E-state index contributed by atoms with van der Waals surface area (Å²) in [7, 11) is 1.29. The average molecular weight is 322 g/mol. The molecule has 1 heterocycles. The molecule has 1 aromatic carbocycles. The van der Waals surface area contributed by atoms with E-state index in [2.05, 4.69) is 10.1 Å². The molecular weight excluding hydrogens is 310 g/mol. The molecular formula is C15H12ClNO3S. The summed E-state index contributed by atoms with van der Waals surface area (Å²) >= 11 is 7.25. The fourth-order valence-corrected chi connectivity index (χ4v) is 2.58. The second-order valence-electron chi connectivity index (χ2n) is 4.00. The van der Waals surface area contributed by atoms with E-state index in [0.717, 1.165) is 5.56 Å². The summed E-state index contributed by atoms with van der Waals surface area (Å²) in [6.07, 6.45) is 2.98. The van der Waals surface area contributed by atoms with E-state index in [-0.39, 0.29) is 5.91 Å². The minimum absolute atomic E-state index is 0.335. The van der Waals surface area contributed by atoms with Gasteiger partial charge in [-0.15, -0.1) is 11.3 Å². The lowest BCUT2D eigenvalue weighted by Crippen LogP contribution is -2.10. The molecule has 0 fully saturated rings. The van der Waals surface area contributed by atoms with Crippen LogP contribution in [0.1, 0.15) is 15.9 Å². The van der Waals surface area contributed by atoms with Gasteiger partial charge in [0.05, 0.1) is 12.7 Å². The standard InChI is InChI=1S/C15H12ClNO3S/c1-20-15(19)11-8-9-21-14(11)17-13(18)7-6-10-4-2-3-5-12(10)16/h2-9H,1H3,(H,17,18). The number of esters is 1. The molecule has 108 valence electrons. The quantitative estimate of drug-likeness (QED) is 0.687. The number of ether oxygens (including phenoxy) is 1. The molecule has 1 N–H and O–H groups in total. The fourth-order valence-electron chi connectivity index (χ4n) is 1.61. The van der Waals surface area contributed by atoms with E-state index < -0.39 is 5.97 Å². The molecule has 21 heavy (non-hydrogen) atoms. The molecule has 0 saturated carbocycles. The number of carbonyl (C=O) groups is 2. The monoisotopic (exact) mass is 321 g/mol. The number of halogens is 1. The third kappa shape index (κ3) is 3.93. The third-order valence-corrected chi connectivity index (χ3v) is 3.80. The van der Waals surface area contributed by atoms with E-state index >= 15 is 0 Å². The van der Waals surface area contributed by atoms with Crippen LogP contribution in [-0.2, 0) is 9.53 Å². The Labute approximate surface area is 131 Å². The first-order valence-corrected chi connectivity index (χ1v) is 7.27. The van der Waals surface area contributed by atoms with Crippen molar-refractivity contribution in [2.45, 2.75) is 0 Å². The molecule has 0 atom stereocenters. The Kier molecular flexibility index (Phi) is 5.14. The van der Waals surface area contributed by atoms with Crippen molar-refractivity contribution in [2.75, 3.05) is 12.4 Å². The van der Waals surface area contributed by atoms with E-state index in [9.17, 15) is 9.59 Å². The molecule has 0 aliphatic heterocycles. The molecule has 2 rings (SSSR count). The molecule has 0 bridgehead atoms. The van der Waals surface area contributed by atoms with Crippen LogP contribution in [0, 0.1) is 0 Å². The van der Waals surface area contributed by atoms with Gasteiger partial charge in [0.15, 0.2) is 0 Å². The molecule has 0 saturated heterocycles. The van der Waals surface area contributed by atoms with E-state index in [1.54, 1.807) is 29.7 Å². The van der Waals surface area contributed by atoms with Crippen molar-refractivity contribution < 1.29 is 14.3 Å². The predicted molar refractivity (Wildman–Crippen MR) is 84.8 cm³/mol. The van der Waals surface area contributed by atoms with E-state index in [4.69, 9.17) is 11.6 Å². The van der Waals surface area contributed by atoms with Gasteiger partial charge in [0.1, 0.15) is 5.00 Å². The van der Waals surface area contributed by atoms with Gasteiger partial charge in [-0.1, -0.05) is 29.8 Å². The van der Waals surface area contributed by atoms with Gasteiger partial charge in [-0.25, -0.2) is 4.79 Å². The lowest BCUT2D eigenvalue weighted by Gasteiger charge is -2.02. The van der Waals surface area contributed by atoms with Crippen molar-refractivity contribution in [1.82, 2.24) is 0 Å². The van der Waals surface area contributed by atoms with Crippen LogP contribution in [0.15, 0.2) is 41.8 Å². The van der Waals surface area contributed by atoms with E-state index in [1.165, 1.54) is 24.5 Å². The first-order valence-electron chi connectivity index (χ1n) is 6.01. The Balaban J connectivity index is 2.08. The summed E-state index contributed by atoms with van der Waals surface area (Å²) < 4.78 is 4.64. The van der Waals surface area contributed by atoms with Crippen LogP contribution >= 0.6 is 22.9 Å². The third-order valence-electron chi connectivity index (χ3n) is 2.63. The lowest BCUT2D eigenvalue weighted by atomic mass is 10.2. The maximum absolute atomic E-state index is 11.9. The van der Waals surface area contributed by atoms with Gasteiger partial charge < -0.3 is 10.1 Å². The highest BCUT2D eigenvalue weighted by Crippen LogP contribution is 2.24. The number of hydrogen-bond donors (Lipinski definition) is 1. The van der Waals surface area contributed by atoms with Crippen LogP contribution < -0.4 is 5.32 Å². The van der Waals surface area contributed by atoms with Crippen molar-refractivity contribution >= 4 is 45.9 Å². The molecule has 6 heteroatoms. The van der Waals surface area contributed by atoms with Gasteiger partial charge in [-0.05, 0) is 29.2 Å². The largest absolute Gasteiger partial charge is 0.465 e. The fraction of sp³-hybridized carbons (Fsp3) is 0.0667. The molecule has 0 spiro atoms. The molecule has 0 aliphatic carbocycles. The predicted octanol–water partition coefficient (Wildman–Crippen LogP) is 3.84. The van der Waals surface area contributed by atoms with Crippen LogP contribution in [0.5, 0.6) is 0 Å². The molecule has 0 radical (unpaired) electrons. The number of rotatable bonds is 4. The zero-order valence-corrected chi connectivity index (χ0v) is 12.7. The normalized spacial score (nSPS) is 10.6. The number of hydrogen-bond acceptors (Lipinski definition) is 4. The smallest absolute Gasteiger partial charge is 0.340 e. The first kappa shape index (κ1) is 15.3. The number of methoxy groups -OCH3 is 1. The molecule has 2 aromatic rings. The average Bonchev–Trinajstić information content (AvgIpc) is 2.93. The van der Waals surface area contributed by atoms with Gasteiger partial charge in [-0.2, -0.15) is 0 Å². The van der Waals surface area contributed by atoms with Gasteiger partial charge in [0, 0.05) is 11.1 Å². The van der Waals surface area contributed by atoms with Crippen LogP contribution in [-0.4, -0.2) is 19.0 Å². The van der Waals surface area contributed by atoms with Gasteiger partial charge in [-0.3, -0.25) is 4.79 Å². The molecule has 1 aromatic heterocycles. The molecule has 1 amide bonds. The zero-order valence-electron chi connectivity index (χ0n) is 11.1. The Hall–Kier alpha value is -2.11. The van der Waals surface area contributed by atoms with Gasteiger partial charge in [0.25, 0.3) is 0 Å². The highest BCUT2D eigenvalue weighted by atomic mass is 35.5. The Bertz CT molecular complexity index is 694. The summed E-state index contributed by atoms with van der Waals surface area (Å²) in [6.45, 7) is 0. The number of benzene rings is 1. The van der Waals surface area contributed by atoms with Crippen molar-refractivity contribution in [3.05, 3.63) is 57.9 Å². The van der Waals surface area contributed by atoms with Gasteiger partial charge >= 0.3 is 5.97 Å². The van der Waals surface area contributed by atoms with Crippen molar-refractivity contribution in [2.24, 2.45) is 0 Å². The Morgan fingerprint density at radius 3 is 2.76 bits per heavy atom. The highest BCUT2D eigenvalue weighted by molar-refractivity contribution is 7.14. The Morgan fingerprint density at radius 1 is 1.29 bits per heavy atom. The number of carbonyl (C=O) groups excluding carboxylic acids is 2. The van der Waals surface area contributed by atoms with Crippen LogP contribution in [0.2, 0.25) is 5.02 Å². The minimum atomic E-state index is -0.485. The van der Waals surface area contributed by atoms with Crippen molar-refractivity contribution in [3.8, 4) is 0 Å². The number of thiophene rings is 1. The summed E-state index contributed by atoms with van der Waals surface area (Å²) in [5.41, 5.74) is 1.08. The molecule has 4 nitrogen and oxygen atoms in total. The van der Waals surface area contributed by atoms with Gasteiger partial charge in [0.2, 0.25) is 5.91 Å². The summed E-state index contributed by atoms with van der Waals surface area (Å²) in [6, 6.07) is 8.79. The maximum Gasteiger partial charge on any atom is 0.340 e. The van der Waals surface area contributed by atoms with E-state index in [1.807, 2.05) is 12.1 Å². The topological polar surface area (TPSA) is 55.4 Å². The second-order valence-corrected chi connectivity index (χ2v) is 5.32. The number of anilines is 1. The maximum atomic E-state index is 11.9. The Morgan fingerprint density at radius 2 is 2.05 bits per heavy atom. The SMILES string of the molecule is COC(=O)c1ccsc1NC(=O)C=Cc1ccccc1Cl. The highest BCUT2D eigenvalue weighted by Gasteiger charge is 2.14. The van der Waals surface area contributed by atoms with Crippen LogP contribution in [0.3, 0.4) is 0 Å². The molecule has 0 aliphatic rings. The summed E-state index contributed by atoms with van der Waals surface area (Å²) in [5, 5.41) is 5.37. The minimum Gasteiger partial charge on any atom is -0.465 e. The van der Waals surface area contributed by atoms with Crippen molar-refractivity contribution in [1.29, 1.82) is 0 Å². The van der Waals surface area contributed by atoms with Crippen LogP contribution in [0.4, 0.5) is 5.00 Å². The lowest BCUT2D eigenvalue weighted by molar-refractivity contribution is -0.111. The second kappa shape index (κ2) is 7.06. The first-order chi connectivity index (χ1) is 10.1.